The molecule has 2 nitrogen and oxygen atoms in total. The number of aliphatic imine (C=N–C) groups is 1. The van der Waals surface area contributed by atoms with Crippen LogP contribution in [-0.4, -0.2) is 17.9 Å². The van der Waals surface area contributed by atoms with Crippen LogP contribution in [0.3, 0.4) is 0 Å². The molecule has 0 fully saturated rings. The number of hydrogen-bond donors (Lipinski definition) is 1. The van der Waals surface area contributed by atoms with E-state index in [0.717, 1.165) is 29.3 Å². The first-order valence-electron chi connectivity index (χ1n) is 5.53. The highest BCUT2D eigenvalue weighted by atomic mass is 16.3. The zero-order valence-electron chi connectivity index (χ0n) is 9.35. The van der Waals surface area contributed by atoms with Crippen molar-refractivity contribution in [1.29, 1.82) is 0 Å². The summed E-state index contributed by atoms with van der Waals surface area (Å²) < 4.78 is 0. The van der Waals surface area contributed by atoms with Gasteiger partial charge in [-0.15, -0.1) is 0 Å². The summed E-state index contributed by atoms with van der Waals surface area (Å²) in [5.41, 5.74) is 0.812. The maximum absolute atomic E-state index is 9.82. The summed E-state index contributed by atoms with van der Waals surface area (Å²) in [6.07, 6.45) is 2.78. The number of phenolic OH excluding ortho intramolecular Hbond substituents is 1. The van der Waals surface area contributed by atoms with E-state index in [1.54, 1.807) is 12.3 Å². The van der Waals surface area contributed by atoms with Crippen molar-refractivity contribution in [3.63, 3.8) is 0 Å². The Labute approximate surface area is 95.3 Å². The highest BCUT2D eigenvalue weighted by Crippen LogP contribution is 2.25. The van der Waals surface area contributed by atoms with Crippen molar-refractivity contribution in [1.82, 2.24) is 0 Å². The van der Waals surface area contributed by atoms with Gasteiger partial charge < -0.3 is 5.11 Å². The molecule has 0 spiro atoms. The predicted molar refractivity (Wildman–Crippen MR) is 68.4 cm³/mol. The smallest absolute Gasteiger partial charge is 0.124 e. The Kier molecular flexibility index (Phi) is 3.20. The fourth-order valence-electron chi connectivity index (χ4n) is 1.70. The standard InChI is InChI=1S/C14H15NO/c1-2-9-15-10-13-12-6-4-3-5-11(12)7-8-14(13)16/h3-8,10,16H,2,9H2,1H3/b15-10+. The first-order valence-corrected chi connectivity index (χ1v) is 5.53. The van der Waals surface area contributed by atoms with Gasteiger partial charge in [-0.25, -0.2) is 0 Å². The maximum atomic E-state index is 9.82. The molecule has 0 radical (unpaired) electrons. The second-order valence-corrected chi connectivity index (χ2v) is 3.75. The lowest BCUT2D eigenvalue weighted by Gasteiger charge is -2.04. The van der Waals surface area contributed by atoms with Gasteiger partial charge in [0.25, 0.3) is 0 Å². The minimum absolute atomic E-state index is 0.290. The first-order chi connectivity index (χ1) is 7.83. The number of aromatic hydroxyl groups is 1. The molecule has 0 bridgehead atoms. The van der Waals surface area contributed by atoms with E-state index < -0.39 is 0 Å². The summed E-state index contributed by atoms with van der Waals surface area (Å²) in [7, 11) is 0. The molecule has 2 aromatic carbocycles. The number of benzene rings is 2. The van der Waals surface area contributed by atoms with E-state index in [9.17, 15) is 5.11 Å². The lowest BCUT2D eigenvalue weighted by Crippen LogP contribution is -1.87. The highest BCUT2D eigenvalue weighted by Gasteiger charge is 2.03. The summed E-state index contributed by atoms with van der Waals surface area (Å²) in [5.74, 6) is 0.290. The van der Waals surface area contributed by atoms with Gasteiger partial charge in [0.1, 0.15) is 5.75 Å². The molecule has 0 atom stereocenters. The van der Waals surface area contributed by atoms with E-state index in [2.05, 4.69) is 11.9 Å². The lowest BCUT2D eigenvalue weighted by molar-refractivity contribution is 0.475. The molecule has 0 saturated carbocycles. The van der Waals surface area contributed by atoms with Gasteiger partial charge in [-0.3, -0.25) is 4.99 Å². The van der Waals surface area contributed by atoms with Crippen LogP contribution in [0.2, 0.25) is 0 Å². The third-order valence-electron chi connectivity index (χ3n) is 2.52. The molecule has 2 aromatic rings. The largest absolute Gasteiger partial charge is 0.507 e. The molecule has 2 rings (SSSR count). The third kappa shape index (κ3) is 2.06. The predicted octanol–water partition coefficient (Wildman–Crippen LogP) is 3.37. The fraction of sp³-hybridized carbons (Fsp3) is 0.214. The molecule has 0 aliphatic rings. The minimum Gasteiger partial charge on any atom is -0.507 e. The molecule has 0 heterocycles. The van der Waals surface area contributed by atoms with Gasteiger partial charge in [-0.1, -0.05) is 37.3 Å². The Morgan fingerprint density at radius 3 is 2.81 bits per heavy atom. The van der Waals surface area contributed by atoms with Gasteiger partial charge in [0.2, 0.25) is 0 Å². The molecule has 0 aliphatic heterocycles. The van der Waals surface area contributed by atoms with Gasteiger partial charge in [-0.2, -0.15) is 0 Å². The highest BCUT2D eigenvalue weighted by molar-refractivity contribution is 6.02. The quantitative estimate of drug-likeness (QED) is 0.779. The molecule has 0 saturated heterocycles. The monoisotopic (exact) mass is 213 g/mol. The van der Waals surface area contributed by atoms with Gasteiger partial charge in [0.15, 0.2) is 0 Å². The zero-order chi connectivity index (χ0) is 11.4. The van der Waals surface area contributed by atoms with E-state index in [1.807, 2.05) is 30.3 Å². The molecule has 0 aromatic heterocycles. The van der Waals surface area contributed by atoms with Crippen LogP contribution in [0.4, 0.5) is 0 Å². The van der Waals surface area contributed by atoms with Crippen molar-refractivity contribution in [2.45, 2.75) is 13.3 Å². The second kappa shape index (κ2) is 4.79. The Bertz CT molecular complexity index is 517. The molecule has 0 aliphatic carbocycles. The van der Waals surface area contributed by atoms with E-state index in [1.165, 1.54) is 0 Å². The Hall–Kier alpha value is -1.83. The number of rotatable bonds is 3. The van der Waals surface area contributed by atoms with Gasteiger partial charge >= 0.3 is 0 Å². The average Bonchev–Trinajstić information content (AvgIpc) is 2.32. The van der Waals surface area contributed by atoms with Crippen LogP contribution in [0.15, 0.2) is 41.4 Å². The summed E-state index contributed by atoms with van der Waals surface area (Å²) in [6, 6.07) is 11.6. The Morgan fingerprint density at radius 2 is 2.00 bits per heavy atom. The summed E-state index contributed by atoms with van der Waals surface area (Å²) in [6.45, 7) is 2.88. The van der Waals surface area contributed by atoms with Crippen molar-refractivity contribution >= 4 is 17.0 Å². The molecule has 2 heteroatoms. The number of nitrogens with zero attached hydrogens (tertiary/aromatic N) is 1. The van der Waals surface area contributed by atoms with Crippen LogP contribution >= 0.6 is 0 Å². The SMILES string of the molecule is CCC/N=C/c1c(O)ccc2ccccc12. The van der Waals surface area contributed by atoms with Crippen molar-refractivity contribution in [3.8, 4) is 5.75 Å². The van der Waals surface area contributed by atoms with Crippen molar-refractivity contribution in [3.05, 3.63) is 42.0 Å². The summed E-state index contributed by atoms with van der Waals surface area (Å²) >= 11 is 0. The van der Waals surface area contributed by atoms with Crippen molar-refractivity contribution < 1.29 is 5.11 Å². The van der Waals surface area contributed by atoms with Crippen molar-refractivity contribution in [2.24, 2.45) is 4.99 Å². The maximum Gasteiger partial charge on any atom is 0.124 e. The Balaban J connectivity index is 2.52. The summed E-state index contributed by atoms with van der Waals surface area (Å²) in [4.78, 5) is 4.29. The molecule has 82 valence electrons. The number of hydrogen-bond acceptors (Lipinski definition) is 2. The van der Waals surface area contributed by atoms with Crippen LogP contribution in [0.1, 0.15) is 18.9 Å². The second-order valence-electron chi connectivity index (χ2n) is 3.75. The molecular weight excluding hydrogens is 198 g/mol. The van der Waals surface area contributed by atoms with Crippen LogP contribution < -0.4 is 0 Å². The van der Waals surface area contributed by atoms with E-state index >= 15 is 0 Å². The molecular formula is C14H15NO. The Morgan fingerprint density at radius 1 is 1.19 bits per heavy atom. The minimum atomic E-state index is 0.290. The number of phenols is 1. The normalized spacial score (nSPS) is 11.3. The van der Waals surface area contributed by atoms with Crippen LogP contribution in [0.25, 0.3) is 10.8 Å². The van der Waals surface area contributed by atoms with Crippen LogP contribution in [0.5, 0.6) is 5.75 Å². The third-order valence-corrected chi connectivity index (χ3v) is 2.52. The van der Waals surface area contributed by atoms with E-state index in [0.29, 0.717) is 5.75 Å². The molecule has 0 amide bonds. The fourth-order valence-corrected chi connectivity index (χ4v) is 1.70. The number of fused-ring (bicyclic) bond motifs is 1. The van der Waals surface area contributed by atoms with Gasteiger partial charge in [0, 0.05) is 18.3 Å². The molecule has 0 unspecified atom stereocenters. The summed E-state index contributed by atoms with van der Waals surface area (Å²) in [5, 5.41) is 12.0. The van der Waals surface area contributed by atoms with Crippen LogP contribution in [-0.2, 0) is 0 Å². The zero-order valence-corrected chi connectivity index (χ0v) is 9.35. The van der Waals surface area contributed by atoms with Gasteiger partial charge in [0.05, 0.1) is 0 Å². The molecule has 1 N–H and O–H groups in total. The average molecular weight is 213 g/mol. The van der Waals surface area contributed by atoms with E-state index in [-0.39, 0.29) is 0 Å². The van der Waals surface area contributed by atoms with Crippen molar-refractivity contribution in [2.75, 3.05) is 6.54 Å². The lowest BCUT2D eigenvalue weighted by atomic mass is 10.0. The topological polar surface area (TPSA) is 32.6 Å². The first kappa shape index (κ1) is 10.7. The van der Waals surface area contributed by atoms with E-state index in [4.69, 9.17) is 0 Å². The van der Waals surface area contributed by atoms with Crippen LogP contribution in [0, 0.1) is 0 Å². The van der Waals surface area contributed by atoms with Gasteiger partial charge in [-0.05, 0) is 23.3 Å². The molecule has 16 heavy (non-hydrogen) atoms.